The molecule has 0 aliphatic carbocycles. The molecule has 0 saturated carbocycles. The molecule has 7 nitrogen and oxygen atoms in total. The van der Waals surface area contributed by atoms with E-state index in [2.05, 4.69) is 10.2 Å². The summed E-state index contributed by atoms with van der Waals surface area (Å²) in [6, 6.07) is 13.7. The normalized spacial score (nSPS) is 15.2. The molecule has 2 amide bonds. The fourth-order valence-corrected chi connectivity index (χ4v) is 3.79. The SMILES string of the molecule is COc1cccc(CN2CCN(c3ccc4c(c3)OCc3[nH]ncc3-4)C2=O)c1. The lowest BCUT2D eigenvalue weighted by Gasteiger charge is -2.22. The average Bonchev–Trinajstić information content (AvgIpc) is 3.35. The minimum Gasteiger partial charge on any atom is -0.497 e. The van der Waals surface area contributed by atoms with Gasteiger partial charge in [-0.3, -0.25) is 10.00 Å². The van der Waals surface area contributed by atoms with E-state index in [0.717, 1.165) is 39.6 Å². The van der Waals surface area contributed by atoms with E-state index in [1.165, 1.54) is 0 Å². The molecule has 0 radical (unpaired) electrons. The molecule has 3 heterocycles. The van der Waals surface area contributed by atoms with Crippen molar-refractivity contribution in [1.82, 2.24) is 15.1 Å². The lowest BCUT2D eigenvalue weighted by atomic mass is 10.0. The van der Waals surface area contributed by atoms with E-state index in [-0.39, 0.29) is 6.03 Å². The minimum absolute atomic E-state index is 0.00239. The van der Waals surface area contributed by atoms with Crippen molar-refractivity contribution in [2.45, 2.75) is 13.2 Å². The summed E-state index contributed by atoms with van der Waals surface area (Å²) in [6.45, 7) is 2.35. The van der Waals surface area contributed by atoms with Crippen LogP contribution in [0.15, 0.2) is 48.7 Å². The zero-order chi connectivity index (χ0) is 19.1. The Labute approximate surface area is 162 Å². The van der Waals surface area contributed by atoms with Gasteiger partial charge in [-0.05, 0) is 29.8 Å². The van der Waals surface area contributed by atoms with Gasteiger partial charge in [0.2, 0.25) is 0 Å². The fraction of sp³-hybridized carbons (Fsp3) is 0.238. The minimum atomic E-state index is 0.00239. The third-order valence-electron chi connectivity index (χ3n) is 5.26. The Bertz CT molecular complexity index is 1050. The summed E-state index contributed by atoms with van der Waals surface area (Å²) in [5.41, 5.74) is 4.93. The van der Waals surface area contributed by atoms with E-state index in [0.29, 0.717) is 26.2 Å². The molecule has 0 bridgehead atoms. The number of aromatic nitrogens is 2. The average molecular weight is 376 g/mol. The standard InChI is InChI=1S/C21H20N4O3/c1-27-16-4-2-3-14(9-16)12-24-7-8-25(21(24)26)15-5-6-17-18-11-22-23-19(18)13-28-20(17)10-15/h2-6,9-11H,7-8,12-13H2,1H3,(H,22,23). The van der Waals surface area contributed by atoms with Crippen LogP contribution in [-0.2, 0) is 13.2 Å². The number of fused-ring (bicyclic) bond motifs is 3. The maximum Gasteiger partial charge on any atom is 0.324 e. The first kappa shape index (κ1) is 16.7. The van der Waals surface area contributed by atoms with Gasteiger partial charge in [-0.15, -0.1) is 0 Å². The second kappa shape index (κ2) is 6.60. The Morgan fingerprint density at radius 2 is 2.11 bits per heavy atom. The third-order valence-corrected chi connectivity index (χ3v) is 5.26. The van der Waals surface area contributed by atoms with Crippen LogP contribution in [0.3, 0.4) is 0 Å². The number of H-pyrrole nitrogens is 1. The molecule has 1 saturated heterocycles. The van der Waals surface area contributed by atoms with Crippen LogP contribution in [0.4, 0.5) is 10.5 Å². The molecule has 142 valence electrons. The molecule has 2 aliphatic heterocycles. The van der Waals surface area contributed by atoms with Crippen molar-refractivity contribution in [2.75, 3.05) is 25.1 Å². The van der Waals surface area contributed by atoms with Gasteiger partial charge < -0.3 is 14.4 Å². The van der Waals surface area contributed by atoms with Crippen molar-refractivity contribution in [3.63, 3.8) is 0 Å². The predicted octanol–water partition coefficient (Wildman–Crippen LogP) is 3.42. The smallest absolute Gasteiger partial charge is 0.324 e. The Balaban J connectivity index is 1.36. The van der Waals surface area contributed by atoms with Crippen LogP contribution < -0.4 is 14.4 Å². The number of anilines is 1. The number of methoxy groups -OCH3 is 1. The highest BCUT2D eigenvalue weighted by atomic mass is 16.5. The van der Waals surface area contributed by atoms with Crippen LogP contribution >= 0.6 is 0 Å². The summed E-state index contributed by atoms with van der Waals surface area (Å²) in [7, 11) is 1.65. The highest BCUT2D eigenvalue weighted by Crippen LogP contribution is 2.39. The summed E-state index contributed by atoms with van der Waals surface area (Å²) < 4.78 is 11.1. The first-order chi connectivity index (χ1) is 13.7. The van der Waals surface area contributed by atoms with Gasteiger partial charge >= 0.3 is 6.03 Å². The number of ether oxygens (including phenoxy) is 2. The van der Waals surface area contributed by atoms with Crippen LogP contribution in [0.1, 0.15) is 11.3 Å². The van der Waals surface area contributed by atoms with Gasteiger partial charge in [0.05, 0.1) is 19.0 Å². The van der Waals surface area contributed by atoms with Gasteiger partial charge in [0.25, 0.3) is 0 Å². The largest absolute Gasteiger partial charge is 0.497 e. The maximum atomic E-state index is 13.0. The van der Waals surface area contributed by atoms with Crippen LogP contribution in [0.25, 0.3) is 11.1 Å². The molecule has 0 unspecified atom stereocenters. The van der Waals surface area contributed by atoms with Crippen molar-refractivity contribution >= 4 is 11.7 Å². The quantitative estimate of drug-likeness (QED) is 0.757. The number of urea groups is 1. The number of aromatic amines is 1. The summed E-state index contributed by atoms with van der Waals surface area (Å²) in [5.74, 6) is 1.58. The summed E-state index contributed by atoms with van der Waals surface area (Å²) in [4.78, 5) is 16.6. The van der Waals surface area contributed by atoms with Gasteiger partial charge in [0, 0.05) is 42.5 Å². The maximum absolute atomic E-state index is 13.0. The first-order valence-corrected chi connectivity index (χ1v) is 9.22. The van der Waals surface area contributed by atoms with Gasteiger partial charge in [0.1, 0.15) is 18.1 Å². The molecule has 0 spiro atoms. The monoisotopic (exact) mass is 376 g/mol. The van der Waals surface area contributed by atoms with E-state index < -0.39 is 0 Å². The summed E-state index contributed by atoms with van der Waals surface area (Å²) >= 11 is 0. The van der Waals surface area contributed by atoms with Crippen LogP contribution in [0.5, 0.6) is 11.5 Å². The molecule has 3 aromatic rings. The van der Waals surface area contributed by atoms with E-state index in [1.54, 1.807) is 12.0 Å². The topological polar surface area (TPSA) is 70.7 Å². The molecule has 5 rings (SSSR count). The van der Waals surface area contributed by atoms with Gasteiger partial charge in [-0.2, -0.15) is 5.10 Å². The number of carbonyl (C=O) groups is 1. The zero-order valence-electron chi connectivity index (χ0n) is 15.5. The molecule has 2 aliphatic rings. The van der Waals surface area contributed by atoms with Gasteiger partial charge in [-0.1, -0.05) is 12.1 Å². The number of benzene rings is 2. The number of hydrogen-bond acceptors (Lipinski definition) is 4. The Kier molecular flexibility index (Phi) is 3.93. The molecule has 1 N–H and O–H groups in total. The molecule has 28 heavy (non-hydrogen) atoms. The Morgan fingerprint density at radius 1 is 1.18 bits per heavy atom. The molecule has 7 heteroatoms. The third kappa shape index (κ3) is 2.76. The van der Waals surface area contributed by atoms with Crippen LogP contribution in [0.2, 0.25) is 0 Å². The molecule has 1 aromatic heterocycles. The Hall–Kier alpha value is -3.48. The lowest BCUT2D eigenvalue weighted by molar-refractivity contribution is 0.218. The van der Waals surface area contributed by atoms with E-state index >= 15 is 0 Å². The van der Waals surface area contributed by atoms with Crippen molar-refractivity contribution in [3.05, 3.63) is 59.9 Å². The van der Waals surface area contributed by atoms with Crippen LogP contribution in [0, 0.1) is 0 Å². The van der Waals surface area contributed by atoms with Crippen LogP contribution in [-0.4, -0.2) is 41.3 Å². The lowest BCUT2D eigenvalue weighted by Crippen LogP contribution is -2.31. The van der Waals surface area contributed by atoms with E-state index in [1.807, 2.05) is 53.6 Å². The molecular weight excluding hydrogens is 356 g/mol. The van der Waals surface area contributed by atoms with Gasteiger partial charge in [-0.25, -0.2) is 4.79 Å². The number of carbonyl (C=O) groups excluding carboxylic acids is 1. The highest BCUT2D eigenvalue weighted by molar-refractivity contribution is 5.95. The van der Waals surface area contributed by atoms with Crippen molar-refractivity contribution in [1.29, 1.82) is 0 Å². The number of hydrogen-bond donors (Lipinski definition) is 1. The summed E-state index contributed by atoms with van der Waals surface area (Å²) in [5, 5.41) is 7.05. The second-order valence-corrected chi connectivity index (χ2v) is 6.94. The zero-order valence-corrected chi connectivity index (χ0v) is 15.5. The summed E-state index contributed by atoms with van der Waals surface area (Å²) in [6.07, 6.45) is 1.81. The van der Waals surface area contributed by atoms with Crippen molar-refractivity contribution < 1.29 is 14.3 Å². The highest BCUT2D eigenvalue weighted by Gasteiger charge is 2.30. The molecular formula is C21H20N4O3. The molecule has 2 aromatic carbocycles. The number of amides is 2. The fourth-order valence-electron chi connectivity index (χ4n) is 3.79. The first-order valence-electron chi connectivity index (χ1n) is 9.22. The number of nitrogens with one attached hydrogen (secondary N) is 1. The van der Waals surface area contributed by atoms with E-state index in [9.17, 15) is 4.79 Å². The second-order valence-electron chi connectivity index (χ2n) is 6.94. The molecule has 1 fully saturated rings. The number of rotatable bonds is 4. The number of nitrogens with zero attached hydrogens (tertiary/aromatic N) is 3. The van der Waals surface area contributed by atoms with Gasteiger partial charge in [0.15, 0.2) is 0 Å². The van der Waals surface area contributed by atoms with Crippen molar-refractivity contribution in [3.8, 4) is 22.6 Å². The molecule has 0 atom stereocenters. The predicted molar refractivity (Wildman–Crippen MR) is 105 cm³/mol. The van der Waals surface area contributed by atoms with E-state index in [4.69, 9.17) is 9.47 Å². The Morgan fingerprint density at radius 3 is 3.00 bits per heavy atom. The van der Waals surface area contributed by atoms with Crippen molar-refractivity contribution in [2.24, 2.45) is 0 Å².